The molecule has 1 aliphatic rings. The third kappa shape index (κ3) is 4.59. The SMILES string of the molecule is COc1ccc(N2CCN(CCCCn3c(=O)cnc4ccccc43)CC2)cc1. The van der Waals surface area contributed by atoms with E-state index in [0.717, 1.165) is 68.9 Å². The molecule has 1 aromatic heterocycles. The number of aromatic nitrogens is 2. The minimum Gasteiger partial charge on any atom is -0.497 e. The van der Waals surface area contributed by atoms with Crippen molar-refractivity contribution in [2.75, 3.05) is 44.7 Å². The molecule has 6 nitrogen and oxygen atoms in total. The quantitative estimate of drug-likeness (QED) is 0.579. The molecule has 0 unspecified atom stereocenters. The number of para-hydroxylation sites is 2. The molecule has 1 aliphatic heterocycles. The molecule has 0 atom stereocenters. The summed E-state index contributed by atoms with van der Waals surface area (Å²) in [4.78, 5) is 21.4. The highest BCUT2D eigenvalue weighted by Crippen LogP contribution is 2.20. The largest absolute Gasteiger partial charge is 0.497 e. The zero-order valence-electron chi connectivity index (χ0n) is 17.0. The van der Waals surface area contributed by atoms with Crippen molar-refractivity contribution in [1.29, 1.82) is 0 Å². The standard InChI is InChI=1S/C23H28N4O2/c1-29-20-10-8-19(9-11-20)26-16-14-25(15-17-26)12-4-5-13-27-22-7-3-2-6-21(22)24-18-23(27)28/h2-3,6-11,18H,4-5,12-17H2,1H3. The number of benzene rings is 2. The van der Waals surface area contributed by atoms with Gasteiger partial charge in [0.15, 0.2) is 0 Å². The number of rotatable bonds is 7. The normalized spacial score (nSPS) is 15.0. The highest BCUT2D eigenvalue weighted by atomic mass is 16.5. The Hall–Kier alpha value is -2.86. The highest BCUT2D eigenvalue weighted by Gasteiger charge is 2.16. The van der Waals surface area contributed by atoms with Gasteiger partial charge in [0.05, 0.1) is 24.3 Å². The fraction of sp³-hybridized carbons (Fsp3) is 0.391. The van der Waals surface area contributed by atoms with E-state index in [-0.39, 0.29) is 5.56 Å². The van der Waals surface area contributed by atoms with Crippen LogP contribution in [-0.4, -0.2) is 54.3 Å². The second-order valence-corrected chi connectivity index (χ2v) is 7.47. The first kappa shape index (κ1) is 19.5. The highest BCUT2D eigenvalue weighted by molar-refractivity contribution is 5.74. The van der Waals surface area contributed by atoms with Crippen LogP contribution in [0.15, 0.2) is 59.5 Å². The van der Waals surface area contributed by atoms with Crippen LogP contribution < -0.4 is 15.2 Å². The number of unbranched alkanes of at least 4 members (excludes halogenated alkanes) is 1. The van der Waals surface area contributed by atoms with Gasteiger partial charge in [0.25, 0.3) is 5.56 Å². The van der Waals surface area contributed by atoms with E-state index in [1.807, 2.05) is 41.0 Å². The molecule has 2 aromatic carbocycles. The lowest BCUT2D eigenvalue weighted by Gasteiger charge is -2.36. The fourth-order valence-corrected chi connectivity index (χ4v) is 3.97. The first-order valence-electron chi connectivity index (χ1n) is 10.3. The summed E-state index contributed by atoms with van der Waals surface area (Å²) in [6, 6.07) is 16.1. The minimum absolute atomic E-state index is 0.0168. The topological polar surface area (TPSA) is 50.6 Å². The maximum absolute atomic E-state index is 12.2. The lowest BCUT2D eigenvalue weighted by Crippen LogP contribution is -2.46. The van der Waals surface area contributed by atoms with Crippen LogP contribution in [0.3, 0.4) is 0 Å². The van der Waals surface area contributed by atoms with Crippen LogP contribution in [0.2, 0.25) is 0 Å². The van der Waals surface area contributed by atoms with Gasteiger partial charge in [-0.2, -0.15) is 0 Å². The van der Waals surface area contributed by atoms with Gasteiger partial charge >= 0.3 is 0 Å². The second-order valence-electron chi connectivity index (χ2n) is 7.47. The van der Waals surface area contributed by atoms with E-state index in [2.05, 4.69) is 26.9 Å². The molecule has 152 valence electrons. The summed E-state index contributed by atoms with van der Waals surface area (Å²) in [5.41, 5.74) is 3.04. The average molecular weight is 393 g/mol. The Balaban J connectivity index is 1.24. The maximum atomic E-state index is 12.2. The molecule has 1 saturated heterocycles. The van der Waals surface area contributed by atoms with Gasteiger partial charge in [0.1, 0.15) is 5.75 Å². The molecule has 4 rings (SSSR count). The van der Waals surface area contributed by atoms with Gasteiger partial charge in [-0.25, -0.2) is 4.98 Å². The first-order chi connectivity index (χ1) is 14.2. The maximum Gasteiger partial charge on any atom is 0.269 e. The average Bonchev–Trinajstić information content (AvgIpc) is 2.78. The van der Waals surface area contributed by atoms with E-state index < -0.39 is 0 Å². The summed E-state index contributed by atoms with van der Waals surface area (Å²) >= 11 is 0. The molecule has 29 heavy (non-hydrogen) atoms. The number of methoxy groups -OCH3 is 1. The summed E-state index contributed by atoms with van der Waals surface area (Å²) < 4.78 is 7.09. The Bertz CT molecular complexity index is 992. The van der Waals surface area contributed by atoms with Crippen LogP contribution in [0.4, 0.5) is 5.69 Å². The molecule has 0 spiro atoms. The van der Waals surface area contributed by atoms with Gasteiger partial charge in [-0.15, -0.1) is 0 Å². The number of aryl methyl sites for hydroxylation is 1. The van der Waals surface area contributed by atoms with Gasteiger partial charge in [-0.05, 0) is 55.8 Å². The van der Waals surface area contributed by atoms with E-state index in [0.29, 0.717) is 0 Å². The van der Waals surface area contributed by atoms with Crippen molar-refractivity contribution >= 4 is 16.7 Å². The van der Waals surface area contributed by atoms with Crippen molar-refractivity contribution in [1.82, 2.24) is 14.5 Å². The number of hydrogen-bond donors (Lipinski definition) is 0. The minimum atomic E-state index is -0.0168. The van der Waals surface area contributed by atoms with Crippen molar-refractivity contribution in [2.45, 2.75) is 19.4 Å². The molecule has 2 heterocycles. The van der Waals surface area contributed by atoms with Crippen molar-refractivity contribution in [3.63, 3.8) is 0 Å². The van der Waals surface area contributed by atoms with E-state index in [1.165, 1.54) is 11.9 Å². The molecular weight excluding hydrogens is 364 g/mol. The Kier molecular flexibility index (Phi) is 6.10. The van der Waals surface area contributed by atoms with Crippen molar-refractivity contribution in [3.05, 3.63) is 65.1 Å². The molecule has 3 aromatic rings. The second kappa shape index (κ2) is 9.09. The summed E-state index contributed by atoms with van der Waals surface area (Å²) in [6.45, 7) is 6.05. The summed E-state index contributed by atoms with van der Waals surface area (Å²) in [5.74, 6) is 0.897. The Morgan fingerprint density at radius 1 is 0.931 bits per heavy atom. The Morgan fingerprint density at radius 2 is 1.66 bits per heavy atom. The molecule has 1 fully saturated rings. The third-order valence-electron chi connectivity index (χ3n) is 5.67. The van der Waals surface area contributed by atoms with Gasteiger partial charge in [-0.1, -0.05) is 12.1 Å². The smallest absolute Gasteiger partial charge is 0.269 e. The zero-order valence-corrected chi connectivity index (χ0v) is 17.0. The predicted octanol–water partition coefficient (Wildman–Crippen LogP) is 3.01. The summed E-state index contributed by atoms with van der Waals surface area (Å²) in [7, 11) is 1.70. The monoisotopic (exact) mass is 392 g/mol. The van der Waals surface area contributed by atoms with Gasteiger partial charge in [0, 0.05) is 38.4 Å². The molecular formula is C23H28N4O2. The number of hydrogen-bond acceptors (Lipinski definition) is 5. The number of ether oxygens (including phenoxy) is 1. The molecule has 0 aliphatic carbocycles. The summed E-state index contributed by atoms with van der Waals surface area (Å²) in [6.07, 6.45) is 3.51. The Morgan fingerprint density at radius 3 is 2.41 bits per heavy atom. The number of fused-ring (bicyclic) bond motifs is 1. The van der Waals surface area contributed by atoms with Gasteiger partial charge in [-0.3, -0.25) is 9.69 Å². The molecule has 0 saturated carbocycles. The molecule has 0 radical (unpaired) electrons. The first-order valence-corrected chi connectivity index (χ1v) is 10.3. The summed E-state index contributed by atoms with van der Waals surface area (Å²) in [5, 5.41) is 0. The lowest BCUT2D eigenvalue weighted by atomic mass is 10.2. The van der Waals surface area contributed by atoms with Gasteiger partial charge in [0.2, 0.25) is 0 Å². The van der Waals surface area contributed by atoms with Crippen molar-refractivity contribution in [3.8, 4) is 5.75 Å². The van der Waals surface area contributed by atoms with E-state index in [4.69, 9.17) is 4.74 Å². The zero-order chi connectivity index (χ0) is 20.1. The van der Waals surface area contributed by atoms with Crippen LogP contribution in [-0.2, 0) is 6.54 Å². The Labute approximate surface area is 171 Å². The number of anilines is 1. The van der Waals surface area contributed by atoms with Gasteiger partial charge < -0.3 is 14.2 Å². The molecule has 0 bridgehead atoms. The van der Waals surface area contributed by atoms with E-state index in [1.54, 1.807) is 7.11 Å². The lowest BCUT2D eigenvalue weighted by molar-refractivity contribution is 0.251. The van der Waals surface area contributed by atoms with Crippen LogP contribution in [0.1, 0.15) is 12.8 Å². The van der Waals surface area contributed by atoms with Crippen LogP contribution in [0.5, 0.6) is 5.75 Å². The number of piperazine rings is 1. The van der Waals surface area contributed by atoms with Crippen LogP contribution in [0, 0.1) is 0 Å². The molecule has 0 amide bonds. The molecule has 0 N–H and O–H groups in total. The molecule has 6 heteroatoms. The van der Waals surface area contributed by atoms with E-state index in [9.17, 15) is 4.79 Å². The third-order valence-corrected chi connectivity index (χ3v) is 5.67. The van der Waals surface area contributed by atoms with E-state index >= 15 is 0 Å². The fourth-order valence-electron chi connectivity index (χ4n) is 3.97. The van der Waals surface area contributed by atoms with Crippen LogP contribution in [0.25, 0.3) is 11.0 Å². The van der Waals surface area contributed by atoms with Crippen LogP contribution >= 0.6 is 0 Å². The van der Waals surface area contributed by atoms with Crippen molar-refractivity contribution in [2.24, 2.45) is 0 Å². The number of nitrogens with zero attached hydrogens (tertiary/aromatic N) is 4. The predicted molar refractivity (Wildman–Crippen MR) is 117 cm³/mol. The van der Waals surface area contributed by atoms with Crippen molar-refractivity contribution < 1.29 is 4.74 Å².